The molecule has 0 spiro atoms. The normalized spacial score (nSPS) is 11.8. The molecule has 0 bridgehead atoms. The number of carbonyl (C=O) groups is 2. The van der Waals surface area contributed by atoms with Gasteiger partial charge in [-0.25, -0.2) is 4.39 Å². The van der Waals surface area contributed by atoms with Crippen molar-refractivity contribution in [3.8, 4) is 0 Å². The molecule has 0 aliphatic heterocycles. The van der Waals surface area contributed by atoms with Crippen LogP contribution < -0.4 is 10.0 Å². The number of nitrogens with zero attached hydrogens (tertiary/aromatic N) is 1. The zero-order chi connectivity index (χ0) is 16.3. The van der Waals surface area contributed by atoms with Crippen LogP contribution in [0.15, 0.2) is 48.5 Å². The highest BCUT2D eigenvalue weighted by molar-refractivity contribution is 6.31. The fraction of sp³-hybridized carbons (Fsp3) is 0.125. The van der Waals surface area contributed by atoms with Gasteiger partial charge in [-0.05, 0) is 37.3 Å². The molecule has 0 aliphatic rings. The van der Waals surface area contributed by atoms with E-state index in [1.54, 1.807) is 30.3 Å². The Morgan fingerprint density at radius 3 is 2.36 bits per heavy atom. The molecule has 0 N–H and O–H groups in total. The zero-order valence-corrected chi connectivity index (χ0v) is 12.4. The first-order valence-electron chi connectivity index (χ1n) is 6.46. The van der Waals surface area contributed by atoms with Crippen LogP contribution in [-0.2, 0) is 4.79 Å². The Balaban J connectivity index is 2.49. The lowest BCUT2D eigenvalue weighted by molar-refractivity contribution is -0.306. The van der Waals surface area contributed by atoms with Gasteiger partial charge in [-0.3, -0.25) is 9.69 Å². The van der Waals surface area contributed by atoms with Crippen LogP contribution in [0.25, 0.3) is 0 Å². The summed E-state index contributed by atoms with van der Waals surface area (Å²) in [4.78, 5) is 24.8. The number of halogens is 2. The first-order valence-corrected chi connectivity index (χ1v) is 6.84. The highest BCUT2D eigenvalue weighted by Crippen LogP contribution is 2.25. The quantitative estimate of drug-likeness (QED) is 0.868. The molecule has 0 aromatic heterocycles. The predicted octanol–water partition coefficient (Wildman–Crippen LogP) is 2.26. The second-order valence-electron chi connectivity index (χ2n) is 4.63. The molecule has 1 unspecified atom stereocenters. The molecule has 1 amide bonds. The fourth-order valence-electron chi connectivity index (χ4n) is 1.98. The Labute approximate surface area is 131 Å². The average molecular weight is 321 g/mol. The second-order valence-corrected chi connectivity index (χ2v) is 5.04. The highest BCUT2D eigenvalue weighted by Gasteiger charge is 2.24. The molecule has 2 aromatic rings. The molecule has 0 radical (unpaired) electrons. The summed E-state index contributed by atoms with van der Waals surface area (Å²) in [6.07, 6.45) is 0. The highest BCUT2D eigenvalue weighted by atomic mass is 35.5. The summed E-state index contributed by atoms with van der Waals surface area (Å²) in [5, 5.41) is 11.0. The van der Waals surface area contributed by atoms with Crippen LogP contribution in [0.2, 0.25) is 5.02 Å². The number of hydrogen-bond donors (Lipinski definition) is 0. The van der Waals surface area contributed by atoms with Crippen LogP contribution in [0.3, 0.4) is 0 Å². The molecule has 0 aliphatic carbocycles. The van der Waals surface area contributed by atoms with E-state index in [0.717, 1.165) is 11.0 Å². The largest absolute Gasteiger partial charge is 0.548 e. The van der Waals surface area contributed by atoms with E-state index < -0.39 is 23.7 Å². The van der Waals surface area contributed by atoms with Crippen LogP contribution in [0, 0.1) is 5.82 Å². The number of anilines is 1. The number of benzene rings is 2. The zero-order valence-electron chi connectivity index (χ0n) is 11.6. The summed E-state index contributed by atoms with van der Waals surface area (Å²) in [6.45, 7) is 1.31. The number of carbonyl (C=O) groups excluding carboxylic acids is 2. The van der Waals surface area contributed by atoms with Crippen LogP contribution >= 0.6 is 11.6 Å². The van der Waals surface area contributed by atoms with Crippen molar-refractivity contribution in [3.05, 3.63) is 64.9 Å². The molecule has 0 heterocycles. The Morgan fingerprint density at radius 1 is 1.18 bits per heavy atom. The van der Waals surface area contributed by atoms with E-state index in [4.69, 9.17) is 11.6 Å². The summed E-state index contributed by atoms with van der Waals surface area (Å²) in [5.74, 6) is -2.62. The van der Waals surface area contributed by atoms with Gasteiger partial charge in [0.15, 0.2) is 0 Å². The third kappa shape index (κ3) is 3.26. The number of amides is 1. The molecule has 0 fully saturated rings. The van der Waals surface area contributed by atoms with Gasteiger partial charge in [-0.2, -0.15) is 0 Å². The van der Waals surface area contributed by atoms with Gasteiger partial charge in [0.25, 0.3) is 5.91 Å². The molecule has 22 heavy (non-hydrogen) atoms. The van der Waals surface area contributed by atoms with E-state index in [1.807, 2.05) is 0 Å². The van der Waals surface area contributed by atoms with Crippen molar-refractivity contribution < 1.29 is 19.1 Å². The number of carboxylic acids is 1. The topological polar surface area (TPSA) is 60.4 Å². The van der Waals surface area contributed by atoms with E-state index in [9.17, 15) is 19.1 Å². The van der Waals surface area contributed by atoms with Crippen molar-refractivity contribution in [2.75, 3.05) is 4.90 Å². The second kappa shape index (κ2) is 6.58. The van der Waals surface area contributed by atoms with Gasteiger partial charge in [0.2, 0.25) is 0 Å². The van der Waals surface area contributed by atoms with E-state index in [2.05, 4.69) is 0 Å². The number of rotatable bonds is 4. The van der Waals surface area contributed by atoms with E-state index in [0.29, 0.717) is 5.56 Å². The standard InChI is InChI=1S/C16H13ClFNO3/c1-10(16(21)22)19(12-7-8-14(18)13(17)9-12)15(20)11-5-3-2-4-6-11/h2-10H,1H3,(H,21,22)/p-1. The van der Waals surface area contributed by atoms with Gasteiger partial charge in [-0.15, -0.1) is 0 Å². The molecular formula is C16H12ClFNO3-. The first-order chi connectivity index (χ1) is 10.4. The van der Waals surface area contributed by atoms with Crippen molar-refractivity contribution >= 4 is 29.2 Å². The minimum atomic E-state index is -1.43. The van der Waals surface area contributed by atoms with Crippen molar-refractivity contribution in [1.82, 2.24) is 0 Å². The molecule has 114 valence electrons. The number of aliphatic carboxylic acids is 1. The Bertz CT molecular complexity index is 706. The van der Waals surface area contributed by atoms with E-state index >= 15 is 0 Å². The van der Waals surface area contributed by atoms with Gasteiger partial charge in [0, 0.05) is 11.3 Å². The predicted molar refractivity (Wildman–Crippen MR) is 79.1 cm³/mol. The Morgan fingerprint density at radius 2 is 1.82 bits per heavy atom. The fourth-order valence-corrected chi connectivity index (χ4v) is 2.15. The lowest BCUT2D eigenvalue weighted by atomic mass is 10.1. The number of carboxylic acid groups (broad SMARTS) is 1. The van der Waals surface area contributed by atoms with Crippen molar-refractivity contribution in [3.63, 3.8) is 0 Å². The summed E-state index contributed by atoms with van der Waals surface area (Å²) < 4.78 is 13.3. The smallest absolute Gasteiger partial charge is 0.258 e. The average Bonchev–Trinajstić information content (AvgIpc) is 2.51. The summed E-state index contributed by atoms with van der Waals surface area (Å²) in [5.41, 5.74) is 0.480. The molecule has 2 rings (SSSR count). The van der Waals surface area contributed by atoms with Crippen molar-refractivity contribution in [2.45, 2.75) is 13.0 Å². The summed E-state index contributed by atoms with van der Waals surface area (Å²) >= 11 is 5.72. The van der Waals surface area contributed by atoms with Crippen LogP contribution in [-0.4, -0.2) is 17.9 Å². The molecule has 1 atom stereocenters. The van der Waals surface area contributed by atoms with Gasteiger partial charge in [0.05, 0.1) is 17.0 Å². The monoisotopic (exact) mass is 320 g/mol. The number of hydrogen-bond acceptors (Lipinski definition) is 3. The van der Waals surface area contributed by atoms with Crippen molar-refractivity contribution in [2.24, 2.45) is 0 Å². The minimum absolute atomic E-state index is 0.178. The maximum atomic E-state index is 13.3. The molecule has 2 aromatic carbocycles. The van der Waals surface area contributed by atoms with E-state index in [-0.39, 0.29) is 10.7 Å². The summed E-state index contributed by atoms with van der Waals surface area (Å²) in [6, 6.07) is 10.5. The van der Waals surface area contributed by atoms with E-state index in [1.165, 1.54) is 19.1 Å². The third-order valence-corrected chi connectivity index (χ3v) is 3.44. The van der Waals surface area contributed by atoms with Crippen LogP contribution in [0.4, 0.5) is 10.1 Å². The molecule has 6 heteroatoms. The summed E-state index contributed by atoms with van der Waals surface area (Å²) in [7, 11) is 0. The maximum absolute atomic E-state index is 13.3. The van der Waals surface area contributed by atoms with Gasteiger partial charge in [-0.1, -0.05) is 29.8 Å². The van der Waals surface area contributed by atoms with Gasteiger partial charge >= 0.3 is 0 Å². The first kappa shape index (κ1) is 16.0. The third-order valence-electron chi connectivity index (χ3n) is 3.15. The Hall–Kier alpha value is -2.40. The molecule has 4 nitrogen and oxygen atoms in total. The Kier molecular flexibility index (Phi) is 4.78. The van der Waals surface area contributed by atoms with Crippen LogP contribution in [0.5, 0.6) is 0 Å². The SMILES string of the molecule is CC(C(=O)[O-])N(C(=O)c1ccccc1)c1ccc(F)c(Cl)c1. The molecule has 0 saturated carbocycles. The molecular weight excluding hydrogens is 309 g/mol. The lowest BCUT2D eigenvalue weighted by Gasteiger charge is -2.30. The van der Waals surface area contributed by atoms with Gasteiger partial charge < -0.3 is 9.90 Å². The molecule has 0 saturated heterocycles. The maximum Gasteiger partial charge on any atom is 0.258 e. The van der Waals surface area contributed by atoms with Gasteiger partial charge in [0.1, 0.15) is 5.82 Å². The van der Waals surface area contributed by atoms with Crippen molar-refractivity contribution in [1.29, 1.82) is 0 Å². The minimum Gasteiger partial charge on any atom is -0.548 e. The lowest BCUT2D eigenvalue weighted by Crippen LogP contribution is -2.49. The van der Waals surface area contributed by atoms with Crippen LogP contribution in [0.1, 0.15) is 17.3 Å².